The first kappa shape index (κ1) is 6.85. The van der Waals surface area contributed by atoms with Gasteiger partial charge in [-0.25, -0.2) is 4.39 Å². The molecule has 1 atom stereocenters. The first-order chi connectivity index (χ1) is 3.31. The molecule has 0 heterocycles. The van der Waals surface area contributed by atoms with Crippen molar-refractivity contribution in [3.63, 3.8) is 0 Å². The molecule has 0 aliphatic heterocycles. The first-order valence-corrected chi connectivity index (χ1v) is 2.26. The Labute approximate surface area is 42.1 Å². The lowest BCUT2D eigenvalue weighted by molar-refractivity contribution is 0.224. The summed E-state index contributed by atoms with van der Waals surface area (Å²) in [6, 6.07) is 0. The minimum Gasteiger partial charge on any atom is -0.396 e. The Morgan fingerprint density at radius 3 is 2.43 bits per heavy atom. The molecule has 0 aliphatic carbocycles. The van der Waals surface area contributed by atoms with Crippen LogP contribution in [0.4, 0.5) is 4.39 Å². The zero-order valence-corrected chi connectivity index (χ0v) is 4.10. The molecule has 3 N–H and O–H groups in total. The molecule has 0 aromatic carbocycles. The van der Waals surface area contributed by atoms with Crippen molar-refractivity contribution in [1.82, 2.24) is 0 Å². The van der Waals surface area contributed by atoms with Gasteiger partial charge in [0.2, 0.25) is 0 Å². The van der Waals surface area contributed by atoms with Crippen LogP contribution in [-0.2, 0) is 0 Å². The van der Waals surface area contributed by atoms with Crippen molar-refractivity contribution >= 4 is 0 Å². The molecule has 0 aromatic heterocycles. The fourth-order valence-electron chi connectivity index (χ4n) is 0.258. The van der Waals surface area contributed by atoms with Gasteiger partial charge >= 0.3 is 0 Å². The summed E-state index contributed by atoms with van der Waals surface area (Å²) in [6.45, 7) is -0.0983. The maximum atomic E-state index is 11.8. The molecule has 0 bridgehead atoms. The molecule has 0 radical (unpaired) electrons. The summed E-state index contributed by atoms with van der Waals surface area (Å²) >= 11 is 0. The smallest absolute Gasteiger partial charge is 0.114 e. The van der Waals surface area contributed by atoms with Crippen LogP contribution in [0.15, 0.2) is 0 Å². The zero-order chi connectivity index (χ0) is 5.70. The van der Waals surface area contributed by atoms with Crippen LogP contribution in [-0.4, -0.2) is 24.4 Å². The molecule has 0 fully saturated rings. The summed E-state index contributed by atoms with van der Waals surface area (Å²) in [6.07, 6.45) is -0.860. The fraction of sp³-hybridized carbons (Fsp3) is 1.00. The van der Waals surface area contributed by atoms with E-state index in [1.54, 1.807) is 0 Å². The fourth-order valence-corrected chi connectivity index (χ4v) is 0.258. The van der Waals surface area contributed by atoms with Crippen molar-refractivity contribution in [2.45, 2.75) is 12.6 Å². The molecular formula is C4H10FNO. The number of hydrogen-bond donors (Lipinski definition) is 2. The minimum absolute atomic E-state index is 0.0144. The van der Waals surface area contributed by atoms with Gasteiger partial charge in [0.1, 0.15) is 6.17 Å². The largest absolute Gasteiger partial charge is 0.396 e. The van der Waals surface area contributed by atoms with E-state index in [-0.39, 0.29) is 19.6 Å². The highest BCUT2D eigenvalue weighted by molar-refractivity contribution is 4.52. The Kier molecular flexibility index (Phi) is 3.93. The lowest BCUT2D eigenvalue weighted by Gasteiger charge is -1.97. The summed E-state index contributed by atoms with van der Waals surface area (Å²) in [7, 11) is 0. The molecule has 2 nitrogen and oxygen atoms in total. The van der Waals surface area contributed by atoms with Gasteiger partial charge in [-0.2, -0.15) is 0 Å². The zero-order valence-electron chi connectivity index (χ0n) is 4.10. The average Bonchev–Trinajstić information content (AvgIpc) is 1.68. The van der Waals surface area contributed by atoms with Gasteiger partial charge in [0.05, 0.1) is 0 Å². The second kappa shape index (κ2) is 4.02. The van der Waals surface area contributed by atoms with Gasteiger partial charge in [0.15, 0.2) is 0 Å². The number of aliphatic hydroxyl groups excluding tert-OH is 1. The first-order valence-electron chi connectivity index (χ1n) is 2.26. The van der Waals surface area contributed by atoms with E-state index in [4.69, 9.17) is 10.8 Å². The Hall–Kier alpha value is -0.150. The predicted octanol–water partition coefficient (Wildman–Crippen LogP) is -0.334. The normalized spacial score (nSPS) is 14.1. The van der Waals surface area contributed by atoms with Gasteiger partial charge in [0, 0.05) is 19.6 Å². The van der Waals surface area contributed by atoms with Crippen molar-refractivity contribution < 1.29 is 9.50 Å². The topological polar surface area (TPSA) is 46.2 Å². The van der Waals surface area contributed by atoms with Crippen molar-refractivity contribution in [2.24, 2.45) is 5.73 Å². The summed E-state index contributed by atoms with van der Waals surface area (Å²) in [4.78, 5) is 0. The van der Waals surface area contributed by atoms with Crippen LogP contribution in [0.3, 0.4) is 0 Å². The van der Waals surface area contributed by atoms with Crippen LogP contribution in [0.5, 0.6) is 0 Å². The third kappa shape index (κ3) is 3.69. The molecular weight excluding hydrogens is 97.0 g/mol. The molecule has 7 heavy (non-hydrogen) atoms. The highest BCUT2D eigenvalue weighted by Gasteiger charge is 1.98. The van der Waals surface area contributed by atoms with Gasteiger partial charge in [-0.3, -0.25) is 0 Å². The molecule has 44 valence electrons. The van der Waals surface area contributed by atoms with E-state index in [2.05, 4.69) is 0 Å². The van der Waals surface area contributed by atoms with Crippen LogP contribution < -0.4 is 5.73 Å². The molecule has 0 aromatic rings. The standard InChI is InChI=1S/C4H10FNO/c5-4(3-6)1-2-7/h4,7H,1-3,6H2. The lowest BCUT2D eigenvalue weighted by atomic mass is 10.3. The van der Waals surface area contributed by atoms with Gasteiger partial charge < -0.3 is 10.8 Å². The Morgan fingerprint density at radius 2 is 2.29 bits per heavy atom. The molecule has 3 heteroatoms. The number of aliphatic hydroxyl groups is 1. The van der Waals surface area contributed by atoms with Gasteiger partial charge in [-0.05, 0) is 0 Å². The third-order valence-electron chi connectivity index (χ3n) is 0.698. The second-order valence-corrected chi connectivity index (χ2v) is 1.35. The number of nitrogens with two attached hydrogens (primary N) is 1. The van der Waals surface area contributed by atoms with E-state index in [1.165, 1.54) is 0 Å². The monoisotopic (exact) mass is 107 g/mol. The van der Waals surface area contributed by atoms with Crippen LogP contribution >= 0.6 is 0 Å². The van der Waals surface area contributed by atoms with Crippen LogP contribution in [0.2, 0.25) is 0 Å². The van der Waals surface area contributed by atoms with E-state index < -0.39 is 6.17 Å². The number of alkyl halides is 1. The SMILES string of the molecule is NCC(F)CCO. The van der Waals surface area contributed by atoms with E-state index >= 15 is 0 Å². The third-order valence-corrected chi connectivity index (χ3v) is 0.698. The Balaban J connectivity index is 2.83. The Bertz CT molecular complexity index is 42.7. The molecule has 0 spiro atoms. The summed E-state index contributed by atoms with van der Waals surface area (Å²) < 4.78 is 11.8. The van der Waals surface area contributed by atoms with E-state index in [1.807, 2.05) is 0 Å². The molecule has 0 aliphatic rings. The summed E-state index contributed by atoms with van der Waals surface area (Å²) in [5, 5.41) is 8.07. The molecule has 0 rings (SSSR count). The van der Waals surface area contributed by atoms with Crippen molar-refractivity contribution in [3.05, 3.63) is 0 Å². The number of halogens is 1. The van der Waals surface area contributed by atoms with Crippen molar-refractivity contribution in [3.8, 4) is 0 Å². The lowest BCUT2D eigenvalue weighted by Crippen LogP contribution is -2.15. The predicted molar refractivity (Wildman–Crippen MR) is 25.7 cm³/mol. The summed E-state index contributed by atoms with van der Waals surface area (Å²) in [5.41, 5.74) is 4.87. The quantitative estimate of drug-likeness (QED) is 0.518. The van der Waals surface area contributed by atoms with Crippen LogP contribution in [0, 0.1) is 0 Å². The maximum absolute atomic E-state index is 11.8. The van der Waals surface area contributed by atoms with Crippen LogP contribution in [0.25, 0.3) is 0 Å². The average molecular weight is 107 g/mol. The van der Waals surface area contributed by atoms with Gasteiger partial charge in [0.25, 0.3) is 0 Å². The van der Waals surface area contributed by atoms with E-state index in [9.17, 15) is 4.39 Å². The highest BCUT2D eigenvalue weighted by Crippen LogP contribution is 1.91. The van der Waals surface area contributed by atoms with E-state index in [0.717, 1.165) is 0 Å². The highest BCUT2D eigenvalue weighted by atomic mass is 19.1. The minimum atomic E-state index is -1.02. The number of rotatable bonds is 3. The molecule has 1 unspecified atom stereocenters. The van der Waals surface area contributed by atoms with Gasteiger partial charge in [-0.15, -0.1) is 0 Å². The van der Waals surface area contributed by atoms with Crippen LogP contribution in [0.1, 0.15) is 6.42 Å². The second-order valence-electron chi connectivity index (χ2n) is 1.35. The Morgan fingerprint density at radius 1 is 1.71 bits per heavy atom. The molecule has 0 saturated carbocycles. The molecule has 0 saturated heterocycles. The van der Waals surface area contributed by atoms with Crippen molar-refractivity contribution in [1.29, 1.82) is 0 Å². The molecule has 0 amide bonds. The van der Waals surface area contributed by atoms with Crippen molar-refractivity contribution in [2.75, 3.05) is 13.2 Å². The maximum Gasteiger partial charge on any atom is 0.114 e. The number of hydrogen-bond acceptors (Lipinski definition) is 2. The van der Waals surface area contributed by atoms with Gasteiger partial charge in [-0.1, -0.05) is 0 Å². The summed E-state index contributed by atoms with van der Waals surface area (Å²) in [5.74, 6) is 0. The van der Waals surface area contributed by atoms with E-state index in [0.29, 0.717) is 0 Å².